The lowest BCUT2D eigenvalue weighted by atomic mass is 10.1. The molecule has 160 valence electrons. The van der Waals surface area contributed by atoms with E-state index in [1.807, 2.05) is 41.8 Å². The average molecular weight is 436 g/mol. The van der Waals surface area contributed by atoms with Crippen molar-refractivity contribution in [1.82, 2.24) is 10.3 Å². The van der Waals surface area contributed by atoms with Crippen LogP contribution in [0.5, 0.6) is 5.75 Å². The lowest BCUT2D eigenvalue weighted by molar-refractivity contribution is -0.119. The molecule has 3 rings (SSSR count). The molecule has 0 aliphatic heterocycles. The third-order valence-corrected chi connectivity index (χ3v) is 5.31. The van der Waals surface area contributed by atoms with Gasteiger partial charge in [0.25, 0.3) is 0 Å². The number of methoxy groups -OCH3 is 1. The Balaban J connectivity index is 1.55. The van der Waals surface area contributed by atoms with E-state index < -0.39 is 0 Å². The number of nitrogens with zero attached hydrogens (tertiary/aromatic N) is 1. The molecular formula is C24H25N3O3S. The van der Waals surface area contributed by atoms with Crippen LogP contribution in [0.1, 0.15) is 24.5 Å². The average Bonchev–Trinajstić information content (AvgIpc) is 3.24. The highest BCUT2D eigenvalue weighted by molar-refractivity contribution is 7.14. The molecule has 0 unspecified atom stereocenters. The zero-order chi connectivity index (χ0) is 22.1. The van der Waals surface area contributed by atoms with Gasteiger partial charge in [0.15, 0.2) is 5.13 Å². The van der Waals surface area contributed by atoms with Crippen molar-refractivity contribution in [2.45, 2.75) is 19.8 Å². The summed E-state index contributed by atoms with van der Waals surface area (Å²) in [7, 11) is 1.60. The molecule has 0 fully saturated rings. The number of aryl methyl sites for hydroxylation is 1. The van der Waals surface area contributed by atoms with Crippen molar-refractivity contribution < 1.29 is 14.3 Å². The number of anilines is 1. The summed E-state index contributed by atoms with van der Waals surface area (Å²) in [5, 5.41) is 8.07. The highest BCUT2D eigenvalue weighted by Crippen LogP contribution is 2.25. The highest BCUT2D eigenvalue weighted by atomic mass is 32.1. The van der Waals surface area contributed by atoms with Crippen LogP contribution in [0, 0.1) is 0 Å². The Bertz CT molecular complexity index is 1060. The van der Waals surface area contributed by atoms with Gasteiger partial charge in [-0.15, -0.1) is 11.3 Å². The SMILES string of the molecule is COc1ccccc1/C=C/C(=O)Nc1nc(-c2ccc(CCCNC(C)=O)cc2)cs1. The Morgan fingerprint density at radius 2 is 1.90 bits per heavy atom. The molecule has 0 bridgehead atoms. The first-order valence-electron chi connectivity index (χ1n) is 9.96. The third-order valence-electron chi connectivity index (χ3n) is 4.55. The van der Waals surface area contributed by atoms with Crippen molar-refractivity contribution >= 4 is 34.4 Å². The molecule has 3 aromatic rings. The molecule has 0 aliphatic carbocycles. The van der Waals surface area contributed by atoms with Crippen LogP contribution in [-0.4, -0.2) is 30.5 Å². The zero-order valence-electron chi connectivity index (χ0n) is 17.6. The van der Waals surface area contributed by atoms with Crippen molar-refractivity contribution in [3.8, 4) is 17.0 Å². The molecule has 2 aromatic carbocycles. The van der Waals surface area contributed by atoms with Gasteiger partial charge in [-0.05, 0) is 30.5 Å². The number of para-hydroxylation sites is 1. The van der Waals surface area contributed by atoms with Crippen molar-refractivity contribution in [3.05, 3.63) is 71.1 Å². The van der Waals surface area contributed by atoms with Gasteiger partial charge in [0.2, 0.25) is 11.8 Å². The minimum Gasteiger partial charge on any atom is -0.496 e. The normalized spacial score (nSPS) is 10.8. The summed E-state index contributed by atoms with van der Waals surface area (Å²) in [6.45, 7) is 2.20. The van der Waals surface area contributed by atoms with Crippen molar-refractivity contribution in [1.29, 1.82) is 0 Å². The topological polar surface area (TPSA) is 80.3 Å². The first kappa shape index (κ1) is 22.2. The number of hydrogen-bond acceptors (Lipinski definition) is 5. The quantitative estimate of drug-likeness (QED) is 0.382. The van der Waals surface area contributed by atoms with Crippen LogP contribution in [0.15, 0.2) is 60.0 Å². The monoisotopic (exact) mass is 435 g/mol. The summed E-state index contributed by atoms with van der Waals surface area (Å²) in [6, 6.07) is 15.7. The fourth-order valence-corrected chi connectivity index (χ4v) is 3.70. The zero-order valence-corrected chi connectivity index (χ0v) is 18.4. The number of carbonyl (C=O) groups excluding carboxylic acids is 2. The number of thiazole rings is 1. The second-order valence-corrected chi connectivity index (χ2v) is 7.74. The standard InChI is InChI=1S/C24H25N3O3S/c1-17(28)25-15-5-6-18-9-11-19(12-10-18)21-16-31-24(26-21)27-23(29)14-13-20-7-3-4-8-22(20)30-2/h3-4,7-14,16H,5-6,15H2,1-2H3,(H,25,28)(H,26,27,29)/b14-13+. The van der Waals surface area contributed by atoms with Crippen molar-refractivity contribution in [3.63, 3.8) is 0 Å². The predicted molar refractivity (Wildman–Crippen MR) is 125 cm³/mol. The largest absolute Gasteiger partial charge is 0.496 e. The Kier molecular flexibility index (Phi) is 7.95. The first-order chi connectivity index (χ1) is 15.0. The third kappa shape index (κ3) is 6.79. The Morgan fingerprint density at radius 3 is 2.65 bits per heavy atom. The van der Waals surface area contributed by atoms with Gasteiger partial charge in [0.05, 0.1) is 12.8 Å². The van der Waals surface area contributed by atoms with Gasteiger partial charge in [0.1, 0.15) is 5.75 Å². The van der Waals surface area contributed by atoms with Crippen molar-refractivity contribution in [2.24, 2.45) is 0 Å². The molecular weight excluding hydrogens is 410 g/mol. The van der Waals surface area contributed by atoms with Gasteiger partial charge in [-0.3, -0.25) is 14.9 Å². The molecule has 0 radical (unpaired) electrons. The summed E-state index contributed by atoms with van der Waals surface area (Å²) >= 11 is 1.38. The molecule has 1 heterocycles. The molecule has 0 saturated heterocycles. The number of aromatic nitrogens is 1. The molecule has 2 N–H and O–H groups in total. The molecule has 7 heteroatoms. The van der Waals surface area contributed by atoms with Crippen LogP contribution in [0.25, 0.3) is 17.3 Å². The van der Waals surface area contributed by atoms with E-state index in [1.54, 1.807) is 13.2 Å². The molecule has 31 heavy (non-hydrogen) atoms. The smallest absolute Gasteiger partial charge is 0.250 e. The van der Waals surface area contributed by atoms with E-state index in [0.717, 1.165) is 29.7 Å². The van der Waals surface area contributed by atoms with Gasteiger partial charge in [-0.25, -0.2) is 4.98 Å². The van der Waals surface area contributed by atoms with E-state index in [2.05, 4.69) is 27.8 Å². The number of ether oxygens (including phenoxy) is 1. The maximum absolute atomic E-state index is 12.2. The second kappa shape index (κ2) is 11.1. The van der Waals surface area contributed by atoms with E-state index in [-0.39, 0.29) is 11.8 Å². The lowest BCUT2D eigenvalue weighted by Gasteiger charge is -2.04. The van der Waals surface area contributed by atoms with Gasteiger partial charge < -0.3 is 10.1 Å². The molecule has 0 atom stereocenters. The number of carbonyl (C=O) groups is 2. The van der Waals surface area contributed by atoms with Crippen molar-refractivity contribution in [2.75, 3.05) is 19.0 Å². The van der Waals surface area contributed by atoms with E-state index in [0.29, 0.717) is 17.4 Å². The molecule has 0 saturated carbocycles. The van der Waals surface area contributed by atoms with Crippen LogP contribution in [0.4, 0.5) is 5.13 Å². The van der Waals surface area contributed by atoms with Gasteiger partial charge >= 0.3 is 0 Å². The molecule has 2 amide bonds. The minimum absolute atomic E-state index is 0.00272. The maximum atomic E-state index is 12.2. The summed E-state index contributed by atoms with van der Waals surface area (Å²) in [4.78, 5) is 27.7. The fraction of sp³-hybridized carbons (Fsp3) is 0.208. The van der Waals surface area contributed by atoms with Gasteiger partial charge in [0, 0.05) is 36.1 Å². The Labute approximate surface area is 186 Å². The number of rotatable bonds is 9. The molecule has 1 aromatic heterocycles. The summed E-state index contributed by atoms with van der Waals surface area (Å²) in [5.41, 5.74) is 3.85. The van der Waals surface area contributed by atoms with Crippen LogP contribution in [0.2, 0.25) is 0 Å². The van der Waals surface area contributed by atoms with E-state index in [1.165, 1.54) is 29.9 Å². The second-order valence-electron chi connectivity index (χ2n) is 6.89. The lowest BCUT2D eigenvalue weighted by Crippen LogP contribution is -2.21. The van der Waals surface area contributed by atoms with Gasteiger partial charge in [-0.2, -0.15) is 0 Å². The predicted octanol–water partition coefficient (Wildman–Crippen LogP) is 4.54. The van der Waals surface area contributed by atoms with E-state index in [4.69, 9.17) is 4.74 Å². The van der Waals surface area contributed by atoms with Crippen LogP contribution >= 0.6 is 11.3 Å². The minimum atomic E-state index is -0.249. The van der Waals surface area contributed by atoms with E-state index in [9.17, 15) is 9.59 Å². The molecule has 0 aliphatic rings. The van der Waals surface area contributed by atoms with Crippen LogP contribution < -0.4 is 15.4 Å². The fourth-order valence-electron chi connectivity index (χ4n) is 2.98. The summed E-state index contributed by atoms with van der Waals surface area (Å²) in [6.07, 6.45) is 4.98. The van der Waals surface area contributed by atoms with E-state index >= 15 is 0 Å². The molecule has 0 spiro atoms. The number of hydrogen-bond donors (Lipinski definition) is 2. The number of benzene rings is 2. The van der Waals surface area contributed by atoms with Crippen LogP contribution in [0.3, 0.4) is 0 Å². The maximum Gasteiger partial charge on any atom is 0.250 e. The van der Waals surface area contributed by atoms with Gasteiger partial charge in [-0.1, -0.05) is 42.5 Å². The Morgan fingerprint density at radius 1 is 1.13 bits per heavy atom. The van der Waals surface area contributed by atoms with Crippen LogP contribution in [-0.2, 0) is 16.0 Å². The Hall–Kier alpha value is -3.45. The summed E-state index contributed by atoms with van der Waals surface area (Å²) < 4.78 is 5.28. The number of amides is 2. The highest BCUT2D eigenvalue weighted by Gasteiger charge is 2.07. The summed E-state index contributed by atoms with van der Waals surface area (Å²) in [5.74, 6) is 0.458. The molecule has 6 nitrogen and oxygen atoms in total. The number of nitrogens with one attached hydrogen (secondary N) is 2. The first-order valence-corrected chi connectivity index (χ1v) is 10.8.